The van der Waals surface area contributed by atoms with Gasteiger partial charge < -0.3 is 0 Å². The predicted molar refractivity (Wildman–Crippen MR) is 56.1 cm³/mol. The van der Waals surface area contributed by atoms with Gasteiger partial charge in [-0.2, -0.15) is 0 Å². The zero-order valence-electron chi connectivity index (χ0n) is 9.49. The Morgan fingerprint density at radius 2 is 0.850 bits per heavy atom. The van der Waals surface area contributed by atoms with Crippen LogP contribution in [0.25, 0.3) is 0 Å². The van der Waals surface area contributed by atoms with Crippen LogP contribution in [0.5, 0.6) is 0 Å². The number of carbonyl (C=O) groups is 1. The van der Waals surface area contributed by atoms with E-state index in [9.17, 15) is 31.1 Å². The van der Waals surface area contributed by atoms with Crippen LogP contribution in [-0.2, 0) is 0 Å². The van der Waals surface area contributed by atoms with Crippen LogP contribution in [0.3, 0.4) is 0 Å². The molecule has 0 heterocycles. The number of carbonyl (C=O) groups excluding carboxylic acids is 1. The highest BCUT2D eigenvalue weighted by Crippen LogP contribution is 2.19. The van der Waals surface area contributed by atoms with Crippen LogP contribution in [0.1, 0.15) is 15.9 Å². The van der Waals surface area contributed by atoms with E-state index < -0.39 is 51.8 Å². The molecule has 2 aromatic rings. The van der Waals surface area contributed by atoms with E-state index in [-0.39, 0.29) is 0 Å². The number of hydrogen-bond donors (Lipinski definition) is 0. The Kier molecular flexibility index (Phi) is 3.52. The van der Waals surface area contributed by atoms with Crippen molar-refractivity contribution in [1.29, 1.82) is 0 Å². The van der Waals surface area contributed by atoms with Crippen molar-refractivity contribution in [2.45, 2.75) is 0 Å². The highest BCUT2D eigenvalue weighted by atomic mass is 19.2. The Labute approximate surface area is 108 Å². The average molecular weight is 290 g/mol. The summed E-state index contributed by atoms with van der Waals surface area (Å²) in [6, 6.07) is 1.50. The third-order valence-electron chi connectivity index (χ3n) is 2.49. The van der Waals surface area contributed by atoms with Crippen molar-refractivity contribution in [2.75, 3.05) is 0 Å². The molecule has 0 radical (unpaired) electrons. The van der Waals surface area contributed by atoms with Crippen molar-refractivity contribution in [3.8, 4) is 0 Å². The first-order chi connectivity index (χ1) is 9.31. The van der Waals surface area contributed by atoms with Gasteiger partial charge in [0.2, 0.25) is 0 Å². The van der Waals surface area contributed by atoms with E-state index in [0.29, 0.717) is 24.3 Å². The lowest BCUT2D eigenvalue weighted by molar-refractivity contribution is 0.103. The van der Waals surface area contributed by atoms with Crippen molar-refractivity contribution >= 4 is 5.78 Å². The number of benzene rings is 2. The van der Waals surface area contributed by atoms with Gasteiger partial charge in [-0.1, -0.05) is 0 Å². The number of halogens is 6. The van der Waals surface area contributed by atoms with Gasteiger partial charge in [0.25, 0.3) is 0 Å². The Bertz CT molecular complexity index is 604. The third kappa shape index (κ3) is 2.38. The summed E-state index contributed by atoms with van der Waals surface area (Å²) in [4.78, 5) is 11.8. The topological polar surface area (TPSA) is 17.1 Å². The monoisotopic (exact) mass is 290 g/mol. The zero-order valence-corrected chi connectivity index (χ0v) is 9.49. The molecule has 0 amide bonds. The molecule has 0 aromatic heterocycles. The van der Waals surface area contributed by atoms with Gasteiger partial charge in [-0.3, -0.25) is 4.79 Å². The van der Waals surface area contributed by atoms with Gasteiger partial charge in [0.05, 0.1) is 0 Å². The lowest BCUT2D eigenvalue weighted by atomic mass is 10.0. The second-order valence-corrected chi connectivity index (χ2v) is 3.84. The van der Waals surface area contributed by atoms with Crippen LogP contribution in [0, 0.1) is 34.9 Å². The SMILES string of the molecule is O=C(c1cc(F)c(F)c(F)c1)c1cc(F)c(F)c(F)c1. The van der Waals surface area contributed by atoms with E-state index >= 15 is 0 Å². The highest BCUT2D eigenvalue weighted by molar-refractivity contribution is 6.09. The Morgan fingerprint density at radius 3 is 1.10 bits per heavy atom. The normalized spacial score (nSPS) is 10.7. The molecule has 20 heavy (non-hydrogen) atoms. The van der Waals surface area contributed by atoms with Crippen LogP contribution >= 0.6 is 0 Å². The molecule has 0 fully saturated rings. The Balaban J connectivity index is 2.52. The second kappa shape index (κ2) is 4.99. The van der Waals surface area contributed by atoms with Crippen molar-refractivity contribution in [3.63, 3.8) is 0 Å². The molecule has 0 saturated carbocycles. The second-order valence-electron chi connectivity index (χ2n) is 3.84. The molecule has 0 saturated heterocycles. The van der Waals surface area contributed by atoms with E-state index in [1.165, 1.54) is 0 Å². The maximum Gasteiger partial charge on any atom is 0.194 e. The lowest BCUT2D eigenvalue weighted by Crippen LogP contribution is -2.06. The summed E-state index contributed by atoms with van der Waals surface area (Å²) in [6.07, 6.45) is 0. The summed E-state index contributed by atoms with van der Waals surface area (Å²) in [5.74, 6) is -11.3. The highest BCUT2D eigenvalue weighted by Gasteiger charge is 2.19. The van der Waals surface area contributed by atoms with Crippen LogP contribution in [0.4, 0.5) is 26.3 Å². The van der Waals surface area contributed by atoms with Gasteiger partial charge in [0, 0.05) is 11.1 Å². The molecule has 1 nitrogen and oxygen atoms in total. The van der Waals surface area contributed by atoms with Crippen LogP contribution in [-0.4, -0.2) is 5.78 Å². The maximum atomic E-state index is 13.0. The fraction of sp³-hybridized carbons (Fsp3) is 0. The average Bonchev–Trinajstić information content (AvgIpc) is 2.40. The first-order valence-corrected chi connectivity index (χ1v) is 5.15. The molecule has 0 spiro atoms. The molecule has 0 atom stereocenters. The summed E-state index contributed by atoms with van der Waals surface area (Å²) >= 11 is 0. The summed E-state index contributed by atoms with van der Waals surface area (Å²) in [7, 11) is 0. The maximum absolute atomic E-state index is 13.0. The quantitative estimate of drug-likeness (QED) is 0.467. The number of rotatable bonds is 2. The molecular formula is C13H4F6O. The minimum absolute atomic E-state index is 0.375. The summed E-state index contributed by atoms with van der Waals surface area (Å²) in [5, 5.41) is 0. The van der Waals surface area contributed by atoms with Crippen LogP contribution < -0.4 is 0 Å². The van der Waals surface area contributed by atoms with Gasteiger partial charge in [0.15, 0.2) is 40.7 Å². The minimum atomic E-state index is -1.78. The van der Waals surface area contributed by atoms with E-state index in [4.69, 9.17) is 0 Å². The zero-order chi connectivity index (χ0) is 15.0. The first-order valence-electron chi connectivity index (χ1n) is 5.15. The van der Waals surface area contributed by atoms with Gasteiger partial charge >= 0.3 is 0 Å². The van der Waals surface area contributed by atoms with Crippen molar-refractivity contribution in [2.24, 2.45) is 0 Å². The molecule has 0 bridgehead atoms. The summed E-state index contributed by atoms with van der Waals surface area (Å²) in [6.45, 7) is 0. The Hall–Kier alpha value is -2.31. The fourth-order valence-electron chi connectivity index (χ4n) is 1.54. The summed E-state index contributed by atoms with van der Waals surface area (Å²) in [5.41, 5.74) is -1.32. The molecule has 0 aliphatic carbocycles. The molecule has 0 N–H and O–H groups in total. The van der Waals surface area contributed by atoms with E-state index in [1.54, 1.807) is 0 Å². The van der Waals surface area contributed by atoms with E-state index in [2.05, 4.69) is 0 Å². The van der Waals surface area contributed by atoms with E-state index in [0.717, 1.165) is 0 Å². The molecule has 2 rings (SSSR count). The molecular weight excluding hydrogens is 286 g/mol. The largest absolute Gasteiger partial charge is 0.289 e. The lowest BCUT2D eigenvalue weighted by Gasteiger charge is -2.04. The van der Waals surface area contributed by atoms with Gasteiger partial charge in [0.1, 0.15) is 0 Å². The van der Waals surface area contributed by atoms with E-state index in [1.807, 2.05) is 0 Å². The molecule has 0 unspecified atom stereocenters. The molecule has 7 heteroatoms. The van der Waals surface area contributed by atoms with Crippen LogP contribution in [0.2, 0.25) is 0 Å². The van der Waals surface area contributed by atoms with Gasteiger partial charge in [-0.25, -0.2) is 26.3 Å². The third-order valence-corrected chi connectivity index (χ3v) is 2.49. The smallest absolute Gasteiger partial charge is 0.194 e. The van der Waals surface area contributed by atoms with Crippen molar-refractivity contribution in [1.82, 2.24) is 0 Å². The Morgan fingerprint density at radius 1 is 0.600 bits per heavy atom. The molecule has 0 aliphatic heterocycles. The van der Waals surface area contributed by atoms with Crippen molar-refractivity contribution < 1.29 is 31.1 Å². The molecule has 104 valence electrons. The predicted octanol–water partition coefficient (Wildman–Crippen LogP) is 3.75. The van der Waals surface area contributed by atoms with Crippen LogP contribution in [0.15, 0.2) is 24.3 Å². The fourth-order valence-corrected chi connectivity index (χ4v) is 1.54. The molecule has 2 aromatic carbocycles. The summed E-state index contributed by atoms with van der Waals surface area (Å²) < 4.78 is 77.3. The van der Waals surface area contributed by atoms with Gasteiger partial charge in [-0.05, 0) is 24.3 Å². The first kappa shape index (κ1) is 14.1. The van der Waals surface area contributed by atoms with Crippen molar-refractivity contribution in [3.05, 3.63) is 70.3 Å². The standard InChI is InChI=1S/C13H4F6O/c14-7-1-5(2-8(15)11(7)18)13(20)6-3-9(16)12(19)10(17)4-6/h1-4H. The number of hydrogen-bond acceptors (Lipinski definition) is 1. The minimum Gasteiger partial charge on any atom is -0.289 e. The van der Waals surface area contributed by atoms with Gasteiger partial charge in [-0.15, -0.1) is 0 Å². The number of ketones is 1. The molecule has 0 aliphatic rings.